The number of fused-ring (bicyclic) bond motifs is 1. The molecule has 0 aliphatic carbocycles. The smallest absolute Gasteiger partial charge is 0.257 e. The Balaban J connectivity index is 1.80. The van der Waals surface area contributed by atoms with E-state index in [9.17, 15) is 4.79 Å². The first-order valence-electron chi connectivity index (χ1n) is 7.99. The molecule has 1 aliphatic rings. The summed E-state index contributed by atoms with van der Waals surface area (Å²) < 4.78 is 1.65. The van der Waals surface area contributed by atoms with E-state index in [0.717, 1.165) is 5.56 Å². The number of amides is 1. The number of aromatic nitrogens is 4. The highest BCUT2D eigenvalue weighted by molar-refractivity contribution is 6.31. The van der Waals surface area contributed by atoms with Crippen LogP contribution < -0.4 is 10.6 Å². The zero-order valence-electron chi connectivity index (χ0n) is 13.8. The topological polar surface area (TPSA) is 84.7 Å². The van der Waals surface area contributed by atoms with Crippen LogP contribution in [0.5, 0.6) is 0 Å². The van der Waals surface area contributed by atoms with E-state index in [4.69, 9.17) is 11.6 Å². The van der Waals surface area contributed by atoms with Crippen LogP contribution in [0.3, 0.4) is 0 Å². The Hall–Kier alpha value is -3.19. The van der Waals surface area contributed by atoms with E-state index in [1.165, 1.54) is 6.33 Å². The molecule has 3 heterocycles. The number of nitrogens with zero attached hydrogens (tertiary/aromatic N) is 4. The molecule has 0 saturated heterocycles. The number of benzene rings is 1. The number of hydrogen-bond acceptors (Lipinski definition) is 5. The molecule has 0 spiro atoms. The van der Waals surface area contributed by atoms with Gasteiger partial charge in [-0.05, 0) is 25.1 Å². The number of carbonyl (C=O) groups is 1. The van der Waals surface area contributed by atoms with Crippen LogP contribution in [-0.2, 0) is 4.79 Å². The summed E-state index contributed by atoms with van der Waals surface area (Å²) in [6.45, 7) is 1.83. The maximum Gasteiger partial charge on any atom is 0.257 e. The van der Waals surface area contributed by atoms with Crippen molar-refractivity contribution in [1.29, 1.82) is 0 Å². The molecule has 0 fully saturated rings. The van der Waals surface area contributed by atoms with E-state index in [-0.39, 0.29) is 5.91 Å². The van der Waals surface area contributed by atoms with Crippen molar-refractivity contribution in [2.45, 2.75) is 13.0 Å². The van der Waals surface area contributed by atoms with Crippen molar-refractivity contribution in [3.8, 4) is 0 Å². The second-order valence-electron chi connectivity index (χ2n) is 5.79. The normalized spacial score (nSPS) is 16.0. The van der Waals surface area contributed by atoms with E-state index >= 15 is 0 Å². The molecule has 7 nitrogen and oxygen atoms in total. The van der Waals surface area contributed by atoms with Crippen LogP contribution in [0.2, 0.25) is 5.02 Å². The summed E-state index contributed by atoms with van der Waals surface area (Å²) in [4.78, 5) is 21.4. The van der Waals surface area contributed by atoms with Gasteiger partial charge in [0, 0.05) is 22.5 Å². The number of carbonyl (C=O) groups excluding carboxylic acids is 1. The highest BCUT2D eigenvalue weighted by atomic mass is 35.5. The Morgan fingerprint density at radius 1 is 1.19 bits per heavy atom. The number of halogens is 1. The lowest BCUT2D eigenvalue weighted by Crippen LogP contribution is -2.31. The van der Waals surface area contributed by atoms with Gasteiger partial charge in [-0.25, -0.2) is 9.67 Å². The molecule has 26 heavy (non-hydrogen) atoms. The van der Waals surface area contributed by atoms with Crippen molar-refractivity contribution in [2.24, 2.45) is 0 Å². The van der Waals surface area contributed by atoms with Crippen molar-refractivity contribution >= 4 is 29.3 Å². The lowest BCUT2D eigenvalue weighted by Gasteiger charge is -2.29. The molecule has 0 saturated carbocycles. The van der Waals surface area contributed by atoms with Crippen LogP contribution in [-0.4, -0.2) is 25.7 Å². The maximum atomic E-state index is 13.1. The Labute approximate surface area is 154 Å². The zero-order valence-corrected chi connectivity index (χ0v) is 14.6. The number of nitrogens with one attached hydrogen (secondary N) is 2. The zero-order chi connectivity index (χ0) is 18.1. The fourth-order valence-electron chi connectivity index (χ4n) is 2.99. The molecule has 1 aromatic carbocycles. The second-order valence-corrected chi connectivity index (χ2v) is 6.19. The molecule has 0 bridgehead atoms. The first kappa shape index (κ1) is 16.3. The van der Waals surface area contributed by atoms with Gasteiger partial charge in [0.25, 0.3) is 5.91 Å². The molecule has 8 heteroatoms. The minimum Gasteiger partial charge on any atom is -0.328 e. The minimum atomic E-state index is -0.494. The summed E-state index contributed by atoms with van der Waals surface area (Å²) in [7, 11) is 0. The molecule has 2 N–H and O–H groups in total. The van der Waals surface area contributed by atoms with Crippen molar-refractivity contribution < 1.29 is 4.79 Å². The quantitative estimate of drug-likeness (QED) is 0.743. The Bertz CT molecular complexity index is 998. The van der Waals surface area contributed by atoms with Gasteiger partial charge in [0.1, 0.15) is 18.2 Å². The summed E-state index contributed by atoms with van der Waals surface area (Å²) in [5.41, 5.74) is 1.96. The molecule has 1 amide bonds. The van der Waals surface area contributed by atoms with Crippen LogP contribution >= 0.6 is 11.6 Å². The van der Waals surface area contributed by atoms with Gasteiger partial charge in [0.05, 0.1) is 5.57 Å². The standard InChI is InChI=1S/C18H15ClN6O/c1-11-15(17(26)24-14-8-4-5-9-20-14)16(12-6-2-3-7-13(12)19)25-18(23-11)21-10-22-25/h2-10,16H,1H3,(H,20,24,26)(H,21,22,23). The van der Waals surface area contributed by atoms with Gasteiger partial charge >= 0.3 is 0 Å². The van der Waals surface area contributed by atoms with Crippen molar-refractivity contribution in [2.75, 3.05) is 10.6 Å². The Kier molecular flexibility index (Phi) is 4.14. The highest BCUT2D eigenvalue weighted by Gasteiger charge is 2.34. The molecule has 1 unspecified atom stereocenters. The molecular weight excluding hydrogens is 352 g/mol. The largest absolute Gasteiger partial charge is 0.328 e. The van der Waals surface area contributed by atoms with E-state index in [1.807, 2.05) is 31.2 Å². The fraction of sp³-hybridized carbons (Fsp3) is 0.111. The summed E-state index contributed by atoms with van der Waals surface area (Å²) in [6.07, 6.45) is 3.07. The third kappa shape index (κ3) is 2.82. The van der Waals surface area contributed by atoms with E-state index < -0.39 is 6.04 Å². The van der Waals surface area contributed by atoms with Crippen molar-refractivity contribution in [3.63, 3.8) is 0 Å². The highest BCUT2D eigenvalue weighted by Crippen LogP contribution is 2.37. The van der Waals surface area contributed by atoms with Crippen molar-refractivity contribution in [1.82, 2.24) is 19.7 Å². The predicted octanol–water partition coefficient (Wildman–Crippen LogP) is 3.25. The van der Waals surface area contributed by atoms with Crippen LogP contribution in [0.15, 0.2) is 66.3 Å². The van der Waals surface area contributed by atoms with E-state index in [2.05, 4.69) is 25.7 Å². The molecule has 130 valence electrons. The van der Waals surface area contributed by atoms with Gasteiger partial charge in [-0.2, -0.15) is 10.1 Å². The lowest BCUT2D eigenvalue weighted by atomic mass is 9.95. The van der Waals surface area contributed by atoms with E-state index in [1.54, 1.807) is 29.1 Å². The van der Waals surface area contributed by atoms with E-state index in [0.29, 0.717) is 28.1 Å². The van der Waals surface area contributed by atoms with Crippen LogP contribution in [0, 0.1) is 0 Å². The molecule has 0 radical (unpaired) electrons. The molecule has 2 aromatic heterocycles. The van der Waals surface area contributed by atoms with Crippen LogP contribution in [0.25, 0.3) is 0 Å². The lowest BCUT2D eigenvalue weighted by molar-refractivity contribution is -0.113. The van der Waals surface area contributed by atoms with Crippen molar-refractivity contribution in [3.05, 3.63) is 76.8 Å². The Morgan fingerprint density at radius 2 is 2.00 bits per heavy atom. The van der Waals surface area contributed by atoms with Gasteiger partial charge in [-0.1, -0.05) is 35.9 Å². The fourth-order valence-corrected chi connectivity index (χ4v) is 3.23. The minimum absolute atomic E-state index is 0.278. The summed E-state index contributed by atoms with van der Waals surface area (Å²) in [5.74, 6) is 0.752. The number of rotatable bonds is 3. The molecule has 3 aromatic rings. The van der Waals surface area contributed by atoms with Crippen LogP contribution in [0.1, 0.15) is 18.5 Å². The average Bonchev–Trinajstić information content (AvgIpc) is 3.10. The third-order valence-electron chi connectivity index (χ3n) is 4.15. The maximum absolute atomic E-state index is 13.1. The summed E-state index contributed by atoms with van der Waals surface area (Å²) >= 11 is 6.42. The molecule has 1 atom stereocenters. The Morgan fingerprint density at radius 3 is 2.77 bits per heavy atom. The third-order valence-corrected chi connectivity index (χ3v) is 4.49. The second kappa shape index (κ2) is 6.61. The first-order valence-corrected chi connectivity index (χ1v) is 8.37. The number of allylic oxidation sites excluding steroid dienone is 1. The monoisotopic (exact) mass is 366 g/mol. The summed E-state index contributed by atoms with van der Waals surface area (Å²) in [5, 5.41) is 10.8. The SMILES string of the molecule is CC1=C(C(=O)Nc2ccccn2)C(c2ccccc2Cl)n2ncnc2N1. The number of pyridine rings is 1. The molecule has 1 aliphatic heterocycles. The van der Waals surface area contributed by atoms with Crippen LogP contribution in [0.4, 0.5) is 11.8 Å². The molecule has 4 rings (SSSR count). The van der Waals surface area contributed by atoms with Gasteiger partial charge in [-0.15, -0.1) is 0 Å². The van der Waals surface area contributed by atoms with Gasteiger partial charge in [-0.3, -0.25) is 4.79 Å². The predicted molar refractivity (Wildman–Crippen MR) is 98.8 cm³/mol. The number of anilines is 2. The van der Waals surface area contributed by atoms with Gasteiger partial charge in [0.15, 0.2) is 0 Å². The molecular formula is C18H15ClN6O. The summed E-state index contributed by atoms with van der Waals surface area (Å²) in [6, 6.07) is 12.2. The van der Waals surface area contributed by atoms with Gasteiger partial charge in [0.2, 0.25) is 5.95 Å². The average molecular weight is 367 g/mol. The van der Waals surface area contributed by atoms with Gasteiger partial charge < -0.3 is 10.6 Å². The number of hydrogen-bond donors (Lipinski definition) is 2. The first-order chi connectivity index (χ1) is 12.6.